The van der Waals surface area contributed by atoms with Gasteiger partial charge in [-0.2, -0.15) is 5.10 Å². The van der Waals surface area contributed by atoms with E-state index in [2.05, 4.69) is 30.5 Å². The van der Waals surface area contributed by atoms with Crippen LogP contribution in [-0.4, -0.2) is 22.4 Å². The third kappa shape index (κ3) is 4.50. The van der Waals surface area contributed by atoms with Crippen molar-refractivity contribution in [2.24, 2.45) is 12.5 Å². The van der Waals surface area contributed by atoms with Crippen molar-refractivity contribution < 1.29 is 0 Å². The van der Waals surface area contributed by atoms with Crippen LogP contribution in [0.2, 0.25) is 0 Å². The van der Waals surface area contributed by atoms with Gasteiger partial charge >= 0.3 is 0 Å². The Morgan fingerprint density at radius 2 is 2.18 bits per heavy atom. The van der Waals surface area contributed by atoms with Gasteiger partial charge in [-0.1, -0.05) is 13.8 Å². The van der Waals surface area contributed by atoms with Gasteiger partial charge in [-0.25, -0.2) is 0 Å². The molecule has 3 heteroatoms. The zero-order chi connectivity index (χ0) is 12.3. The molecule has 1 fully saturated rings. The summed E-state index contributed by atoms with van der Waals surface area (Å²) in [6.07, 6.45) is 10.5. The van der Waals surface area contributed by atoms with Crippen molar-refractivity contribution in [2.75, 3.05) is 6.54 Å². The Kier molecular flexibility index (Phi) is 3.87. The lowest BCUT2D eigenvalue weighted by molar-refractivity contribution is 0.302. The van der Waals surface area contributed by atoms with Crippen molar-refractivity contribution in [1.29, 1.82) is 0 Å². The number of nitrogens with one attached hydrogen (secondary N) is 1. The highest BCUT2D eigenvalue weighted by molar-refractivity contribution is 5.04. The SMILES string of the molecule is Cn1cc(CCC(C)(C)CCNC2CC2)cn1. The van der Waals surface area contributed by atoms with Gasteiger partial charge in [0.25, 0.3) is 0 Å². The standard InChI is InChI=1S/C14H25N3/c1-14(2,8-9-15-13-4-5-13)7-6-12-10-16-17(3)11-12/h10-11,13,15H,4-9H2,1-3H3. The third-order valence-electron chi connectivity index (χ3n) is 3.66. The molecule has 0 aliphatic heterocycles. The van der Waals surface area contributed by atoms with Gasteiger partial charge < -0.3 is 5.32 Å². The Morgan fingerprint density at radius 3 is 2.76 bits per heavy atom. The van der Waals surface area contributed by atoms with E-state index in [0.717, 1.165) is 12.5 Å². The first-order chi connectivity index (χ1) is 8.05. The Labute approximate surface area is 105 Å². The average Bonchev–Trinajstić information content (AvgIpc) is 2.98. The summed E-state index contributed by atoms with van der Waals surface area (Å²) in [5.41, 5.74) is 1.79. The normalized spacial score (nSPS) is 16.4. The van der Waals surface area contributed by atoms with Crippen LogP contribution in [0.5, 0.6) is 0 Å². The van der Waals surface area contributed by atoms with Crippen LogP contribution in [0.4, 0.5) is 0 Å². The van der Waals surface area contributed by atoms with E-state index in [9.17, 15) is 0 Å². The maximum absolute atomic E-state index is 4.22. The van der Waals surface area contributed by atoms with Crippen molar-refractivity contribution in [1.82, 2.24) is 15.1 Å². The van der Waals surface area contributed by atoms with Crippen molar-refractivity contribution >= 4 is 0 Å². The van der Waals surface area contributed by atoms with Crippen LogP contribution in [0.25, 0.3) is 0 Å². The Hall–Kier alpha value is -0.830. The fraction of sp³-hybridized carbons (Fsp3) is 0.786. The molecule has 1 aliphatic carbocycles. The molecule has 1 aromatic heterocycles. The van der Waals surface area contributed by atoms with Crippen LogP contribution in [0, 0.1) is 5.41 Å². The summed E-state index contributed by atoms with van der Waals surface area (Å²) >= 11 is 0. The second kappa shape index (κ2) is 5.21. The van der Waals surface area contributed by atoms with Crippen LogP contribution in [0.15, 0.2) is 12.4 Å². The van der Waals surface area contributed by atoms with Gasteiger partial charge in [-0.3, -0.25) is 4.68 Å². The minimum atomic E-state index is 0.428. The highest BCUT2D eigenvalue weighted by Gasteiger charge is 2.22. The predicted octanol–water partition coefficient (Wildman–Crippen LogP) is 2.52. The van der Waals surface area contributed by atoms with E-state index in [0.29, 0.717) is 5.41 Å². The summed E-state index contributed by atoms with van der Waals surface area (Å²) in [4.78, 5) is 0. The minimum absolute atomic E-state index is 0.428. The Bertz CT molecular complexity index is 350. The van der Waals surface area contributed by atoms with Gasteiger partial charge in [0.2, 0.25) is 0 Å². The van der Waals surface area contributed by atoms with Crippen LogP contribution < -0.4 is 5.32 Å². The molecule has 3 nitrogen and oxygen atoms in total. The summed E-state index contributed by atoms with van der Waals surface area (Å²) in [5.74, 6) is 0. The zero-order valence-corrected chi connectivity index (χ0v) is 11.4. The summed E-state index contributed by atoms with van der Waals surface area (Å²) < 4.78 is 1.89. The van der Waals surface area contributed by atoms with Crippen LogP contribution in [-0.2, 0) is 13.5 Å². The van der Waals surface area contributed by atoms with Crippen LogP contribution in [0.3, 0.4) is 0 Å². The molecule has 0 saturated heterocycles. The first-order valence-corrected chi connectivity index (χ1v) is 6.76. The lowest BCUT2D eigenvalue weighted by Gasteiger charge is -2.24. The largest absolute Gasteiger partial charge is 0.314 e. The van der Waals surface area contributed by atoms with Gasteiger partial charge in [0.1, 0.15) is 0 Å². The van der Waals surface area contributed by atoms with E-state index in [4.69, 9.17) is 0 Å². The van der Waals surface area contributed by atoms with Gasteiger partial charge in [0.05, 0.1) is 6.20 Å². The summed E-state index contributed by atoms with van der Waals surface area (Å²) in [5, 5.41) is 7.81. The summed E-state index contributed by atoms with van der Waals surface area (Å²) in [6, 6.07) is 0.837. The highest BCUT2D eigenvalue weighted by Crippen LogP contribution is 2.27. The van der Waals surface area contributed by atoms with Crippen molar-refractivity contribution in [3.05, 3.63) is 18.0 Å². The third-order valence-corrected chi connectivity index (χ3v) is 3.66. The first-order valence-electron chi connectivity index (χ1n) is 6.76. The molecule has 1 aliphatic rings. The van der Waals surface area contributed by atoms with E-state index in [1.165, 1.54) is 37.8 Å². The fourth-order valence-electron chi connectivity index (χ4n) is 2.11. The molecular weight excluding hydrogens is 210 g/mol. The number of hydrogen-bond donors (Lipinski definition) is 1. The second-order valence-electron chi connectivity index (χ2n) is 6.16. The molecule has 0 bridgehead atoms. The van der Waals surface area contributed by atoms with Crippen molar-refractivity contribution in [3.8, 4) is 0 Å². The monoisotopic (exact) mass is 235 g/mol. The van der Waals surface area contributed by atoms with E-state index in [1.807, 2.05) is 17.9 Å². The number of rotatable bonds is 7. The average molecular weight is 235 g/mol. The van der Waals surface area contributed by atoms with Crippen LogP contribution >= 0.6 is 0 Å². The van der Waals surface area contributed by atoms with E-state index in [1.54, 1.807) is 0 Å². The molecule has 0 unspecified atom stereocenters. The van der Waals surface area contributed by atoms with Gasteiger partial charge in [-0.15, -0.1) is 0 Å². The molecule has 0 atom stereocenters. The van der Waals surface area contributed by atoms with Gasteiger partial charge in [0, 0.05) is 19.3 Å². The zero-order valence-electron chi connectivity index (χ0n) is 11.4. The van der Waals surface area contributed by atoms with E-state index < -0.39 is 0 Å². The number of aryl methyl sites for hydroxylation is 2. The molecule has 0 aromatic carbocycles. The predicted molar refractivity (Wildman–Crippen MR) is 71.0 cm³/mol. The molecule has 0 amide bonds. The summed E-state index contributed by atoms with van der Waals surface area (Å²) in [6.45, 7) is 5.92. The molecule has 2 rings (SSSR count). The molecule has 0 radical (unpaired) electrons. The molecule has 1 heterocycles. The number of nitrogens with zero attached hydrogens (tertiary/aromatic N) is 2. The van der Waals surface area contributed by atoms with E-state index >= 15 is 0 Å². The minimum Gasteiger partial charge on any atom is -0.314 e. The molecule has 96 valence electrons. The Morgan fingerprint density at radius 1 is 1.41 bits per heavy atom. The first kappa shape index (κ1) is 12.6. The lowest BCUT2D eigenvalue weighted by atomic mass is 9.83. The molecule has 1 N–H and O–H groups in total. The second-order valence-corrected chi connectivity index (χ2v) is 6.16. The van der Waals surface area contributed by atoms with Crippen molar-refractivity contribution in [2.45, 2.75) is 52.0 Å². The number of hydrogen-bond acceptors (Lipinski definition) is 2. The van der Waals surface area contributed by atoms with Gasteiger partial charge in [-0.05, 0) is 49.6 Å². The fourth-order valence-corrected chi connectivity index (χ4v) is 2.11. The molecular formula is C14H25N3. The maximum atomic E-state index is 4.22. The lowest BCUT2D eigenvalue weighted by Crippen LogP contribution is -2.24. The van der Waals surface area contributed by atoms with Crippen LogP contribution in [0.1, 0.15) is 45.1 Å². The van der Waals surface area contributed by atoms with Crippen molar-refractivity contribution in [3.63, 3.8) is 0 Å². The highest BCUT2D eigenvalue weighted by atomic mass is 15.2. The molecule has 0 spiro atoms. The molecule has 1 aromatic rings. The molecule has 17 heavy (non-hydrogen) atoms. The van der Waals surface area contributed by atoms with Gasteiger partial charge in [0.15, 0.2) is 0 Å². The maximum Gasteiger partial charge on any atom is 0.0521 e. The number of aromatic nitrogens is 2. The summed E-state index contributed by atoms with van der Waals surface area (Å²) in [7, 11) is 1.98. The Balaban J connectivity index is 1.68. The van der Waals surface area contributed by atoms with E-state index in [-0.39, 0.29) is 0 Å². The molecule has 1 saturated carbocycles. The topological polar surface area (TPSA) is 29.9 Å². The quantitative estimate of drug-likeness (QED) is 0.787. The smallest absolute Gasteiger partial charge is 0.0521 e.